The van der Waals surface area contributed by atoms with Gasteiger partial charge in [0, 0.05) is 20.7 Å². The van der Waals surface area contributed by atoms with Crippen LogP contribution < -0.4 is 5.11 Å². The molecule has 0 amide bonds. The summed E-state index contributed by atoms with van der Waals surface area (Å²) in [6.45, 7) is 3.91. The molecule has 0 heterocycles. The fourth-order valence-electron chi connectivity index (χ4n) is 2.16. The molecule has 26 heavy (non-hydrogen) atoms. The first-order valence-corrected chi connectivity index (χ1v) is 10.5. The average Bonchev–Trinajstić information content (AvgIpc) is 2.61. The molecule has 0 aliphatic rings. The maximum Gasteiger partial charge on any atom is 0.314 e. The lowest BCUT2D eigenvalue weighted by atomic mass is 10.0. The standard InChI is InChI=1S/C17H23N3O4S2/c1-3-24-17(23)15(16(21)22)7-5-4-6-12(2)25-26-14-10-8-13(9-11-14)19-20-18/h8-12,15H,3-7H2,1-2H3,(H,21,22)/p-1. The van der Waals surface area contributed by atoms with E-state index in [0.717, 1.165) is 17.7 Å². The number of carbonyl (C=O) groups is 2. The van der Waals surface area contributed by atoms with Crippen molar-refractivity contribution in [2.24, 2.45) is 11.0 Å². The summed E-state index contributed by atoms with van der Waals surface area (Å²) in [6, 6.07) is 7.34. The molecule has 0 radical (unpaired) electrons. The van der Waals surface area contributed by atoms with E-state index in [9.17, 15) is 14.7 Å². The molecule has 1 aromatic rings. The number of benzene rings is 1. The van der Waals surface area contributed by atoms with Gasteiger partial charge in [0.2, 0.25) is 0 Å². The highest BCUT2D eigenvalue weighted by molar-refractivity contribution is 8.76. The highest BCUT2D eigenvalue weighted by Gasteiger charge is 2.20. The molecule has 0 saturated heterocycles. The minimum absolute atomic E-state index is 0.164. The Morgan fingerprint density at radius 1 is 1.27 bits per heavy atom. The van der Waals surface area contributed by atoms with Gasteiger partial charge >= 0.3 is 5.97 Å². The second-order valence-electron chi connectivity index (χ2n) is 5.58. The van der Waals surface area contributed by atoms with Crippen LogP contribution in [0.25, 0.3) is 10.4 Å². The van der Waals surface area contributed by atoms with E-state index < -0.39 is 17.9 Å². The number of esters is 1. The fourth-order valence-corrected chi connectivity index (χ4v) is 4.39. The van der Waals surface area contributed by atoms with Gasteiger partial charge in [-0.2, -0.15) is 0 Å². The molecule has 0 aliphatic heterocycles. The largest absolute Gasteiger partial charge is 0.549 e. The van der Waals surface area contributed by atoms with Crippen LogP contribution in [-0.2, 0) is 14.3 Å². The second kappa shape index (κ2) is 12.5. The van der Waals surface area contributed by atoms with Gasteiger partial charge in [-0.1, -0.05) is 58.6 Å². The minimum Gasteiger partial charge on any atom is -0.549 e. The number of carboxylic acid groups (broad SMARTS) is 1. The molecule has 0 saturated carbocycles. The molecule has 7 nitrogen and oxygen atoms in total. The molecule has 0 aliphatic carbocycles. The third kappa shape index (κ3) is 8.51. The van der Waals surface area contributed by atoms with E-state index >= 15 is 0 Å². The Labute approximate surface area is 160 Å². The third-order valence-corrected chi connectivity index (χ3v) is 6.49. The quantitative estimate of drug-likeness (QED) is 0.0992. The molecule has 0 aromatic heterocycles. The number of azide groups is 1. The SMILES string of the molecule is CCOC(=O)C(CCCCC(C)SSc1ccc(N=[N+]=[N-])cc1)C(=O)[O-]. The lowest BCUT2D eigenvalue weighted by molar-refractivity contribution is -0.311. The maximum atomic E-state index is 11.6. The third-order valence-electron chi connectivity index (χ3n) is 3.51. The van der Waals surface area contributed by atoms with Crippen molar-refractivity contribution >= 4 is 39.2 Å². The Kier molecular flexibility index (Phi) is 10.7. The minimum atomic E-state index is -1.37. The molecule has 1 aromatic carbocycles. The summed E-state index contributed by atoms with van der Waals surface area (Å²) in [6.07, 6.45) is 2.62. The number of unbranched alkanes of at least 4 members (excludes halogenated alkanes) is 1. The van der Waals surface area contributed by atoms with Crippen LogP contribution in [0, 0.1) is 5.92 Å². The van der Waals surface area contributed by atoms with Crippen LogP contribution in [0.4, 0.5) is 5.69 Å². The Morgan fingerprint density at radius 3 is 2.50 bits per heavy atom. The van der Waals surface area contributed by atoms with Crippen LogP contribution in [0.1, 0.15) is 39.5 Å². The Morgan fingerprint density at radius 2 is 1.92 bits per heavy atom. The molecular formula is C17H22N3O4S2-. The normalized spacial score (nSPS) is 12.7. The molecule has 9 heteroatoms. The molecular weight excluding hydrogens is 374 g/mol. The van der Waals surface area contributed by atoms with Crippen LogP contribution in [0.15, 0.2) is 34.3 Å². The number of hydrogen-bond donors (Lipinski definition) is 0. The van der Waals surface area contributed by atoms with Crippen molar-refractivity contribution in [3.8, 4) is 0 Å². The van der Waals surface area contributed by atoms with Crippen molar-refractivity contribution in [2.75, 3.05) is 6.61 Å². The molecule has 0 N–H and O–H groups in total. The van der Waals surface area contributed by atoms with Crippen molar-refractivity contribution < 1.29 is 19.4 Å². The molecule has 2 unspecified atom stereocenters. The summed E-state index contributed by atoms with van der Waals surface area (Å²) in [4.78, 5) is 26.4. The first-order valence-electron chi connectivity index (χ1n) is 8.33. The summed E-state index contributed by atoms with van der Waals surface area (Å²) in [5, 5.41) is 14.9. The van der Waals surface area contributed by atoms with Gasteiger partial charge in [-0.25, -0.2) is 0 Å². The molecule has 1 rings (SSSR count). The number of hydrogen-bond acceptors (Lipinski definition) is 7. The fraction of sp³-hybridized carbons (Fsp3) is 0.529. The van der Waals surface area contributed by atoms with E-state index in [-0.39, 0.29) is 13.0 Å². The van der Waals surface area contributed by atoms with E-state index in [1.165, 1.54) is 0 Å². The van der Waals surface area contributed by atoms with Crippen LogP contribution in [0.5, 0.6) is 0 Å². The summed E-state index contributed by atoms with van der Waals surface area (Å²) in [5.74, 6) is -3.26. The first kappa shape index (κ1) is 22.2. The van der Waals surface area contributed by atoms with Crippen LogP contribution >= 0.6 is 21.6 Å². The highest BCUT2D eigenvalue weighted by atomic mass is 33.1. The zero-order valence-electron chi connectivity index (χ0n) is 14.8. The van der Waals surface area contributed by atoms with Crippen LogP contribution in [0.2, 0.25) is 0 Å². The smallest absolute Gasteiger partial charge is 0.314 e. The summed E-state index contributed by atoms with van der Waals surface area (Å²) in [7, 11) is 3.36. The Bertz CT molecular complexity index is 633. The van der Waals surface area contributed by atoms with Gasteiger partial charge in [0.15, 0.2) is 0 Å². The zero-order chi connectivity index (χ0) is 19.4. The Hall–Kier alpha value is -1.83. The first-order chi connectivity index (χ1) is 12.5. The number of ether oxygens (including phenoxy) is 1. The molecule has 0 fully saturated rings. The number of carbonyl (C=O) groups excluding carboxylic acids is 2. The number of carboxylic acids is 1. The van der Waals surface area contributed by atoms with Gasteiger partial charge in [0.1, 0.15) is 0 Å². The van der Waals surface area contributed by atoms with Crippen LogP contribution in [0.3, 0.4) is 0 Å². The highest BCUT2D eigenvalue weighted by Crippen LogP contribution is 2.36. The van der Waals surface area contributed by atoms with Gasteiger partial charge in [-0.05, 0) is 37.4 Å². The Balaban J connectivity index is 2.29. The number of nitrogens with zero attached hydrogens (tertiary/aromatic N) is 3. The van der Waals surface area contributed by atoms with Gasteiger partial charge in [0.25, 0.3) is 0 Å². The molecule has 0 spiro atoms. The summed E-state index contributed by atoms with van der Waals surface area (Å²) in [5.41, 5.74) is 8.96. The molecule has 0 bridgehead atoms. The van der Waals surface area contributed by atoms with Crippen molar-refractivity contribution in [3.05, 3.63) is 34.7 Å². The topological polar surface area (TPSA) is 115 Å². The number of aliphatic carboxylic acids is 1. The van der Waals surface area contributed by atoms with Crippen LogP contribution in [-0.4, -0.2) is 23.8 Å². The van der Waals surface area contributed by atoms with E-state index in [1.54, 1.807) is 40.6 Å². The van der Waals surface area contributed by atoms with Gasteiger partial charge in [-0.3, -0.25) is 4.79 Å². The predicted molar refractivity (Wildman–Crippen MR) is 102 cm³/mol. The van der Waals surface area contributed by atoms with Gasteiger partial charge < -0.3 is 14.6 Å². The predicted octanol–water partition coefficient (Wildman–Crippen LogP) is 4.25. The number of rotatable bonds is 12. The summed E-state index contributed by atoms with van der Waals surface area (Å²) >= 11 is 0. The summed E-state index contributed by atoms with van der Waals surface area (Å²) < 4.78 is 4.76. The second-order valence-corrected chi connectivity index (χ2v) is 8.29. The maximum absolute atomic E-state index is 11.6. The van der Waals surface area contributed by atoms with Crippen molar-refractivity contribution in [2.45, 2.75) is 49.7 Å². The zero-order valence-corrected chi connectivity index (χ0v) is 16.4. The lowest BCUT2D eigenvalue weighted by Crippen LogP contribution is -2.37. The van der Waals surface area contributed by atoms with E-state index in [1.807, 2.05) is 12.1 Å². The van der Waals surface area contributed by atoms with Crippen molar-refractivity contribution in [3.63, 3.8) is 0 Å². The molecule has 142 valence electrons. The van der Waals surface area contributed by atoms with Gasteiger partial charge in [-0.15, -0.1) is 0 Å². The van der Waals surface area contributed by atoms with E-state index in [2.05, 4.69) is 16.9 Å². The van der Waals surface area contributed by atoms with E-state index in [0.29, 0.717) is 17.4 Å². The lowest BCUT2D eigenvalue weighted by Gasteiger charge is -2.16. The van der Waals surface area contributed by atoms with Crippen molar-refractivity contribution in [1.29, 1.82) is 0 Å². The average molecular weight is 397 g/mol. The van der Waals surface area contributed by atoms with Crippen molar-refractivity contribution in [1.82, 2.24) is 0 Å². The molecule has 2 atom stereocenters. The van der Waals surface area contributed by atoms with E-state index in [4.69, 9.17) is 10.3 Å². The van der Waals surface area contributed by atoms with Gasteiger partial charge in [0.05, 0.1) is 18.5 Å². The monoisotopic (exact) mass is 396 g/mol.